The monoisotopic (exact) mass is 435 g/mol. The molecule has 0 unspecified atom stereocenters. The van der Waals surface area contributed by atoms with Crippen molar-refractivity contribution in [2.24, 2.45) is 12.0 Å². The fraction of sp³-hybridized carbons (Fsp3) is 0.625. The van der Waals surface area contributed by atoms with E-state index in [0.717, 1.165) is 31.9 Å². The molecule has 1 heterocycles. The maximum atomic E-state index is 11.7. The molecular formula is C16H30IN5O. The summed E-state index contributed by atoms with van der Waals surface area (Å²) in [6, 6.07) is 4.12. The molecule has 23 heavy (non-hydrogen) atoms. The summed E-state index contributed by atoms with van der Waals surface area (Å²) in [5.41, 5.74) is 1.20. The maximum Gasteiger partial charge on any atom is 0.243 e. The topological polar surface area (TPSA) is 52.9 Å². The number of nitrogens with zero attached hydrogens (tertiary/aromatic N) is 4. The van der Waals surface area contributed by atoms with E-state index >= 15 is 0 Å². The van der Waals surface area contributed by atoms with Crippen molar-refractivity contribution < 1.29 is 4.79 Å². The summed E-state index contributed by atoms with van der Waals surface area (Å²) >= 11 is 0. The second kappa shape index (κ2) is 11.3. The minimum atomic E-state index is 0. The van der Waals surface area contributed by atoms with Crippen molar-refractivity contribution in [2.45, 2.75) is 26.3 Å². The first-order valence-corrected chi connectivity index (χ1v) is 7.75. The number of aryl methyl sites for hydroxylation is 1. The van der Waals surface area contributed by atoms with Crippen molar-refractivity contribution in [3.8, 4) is 0 Å². The highest BCUT2D eigenvalue weighted by molar-refractivity contribution is 14.0. The van der Waals surface area contributed by atoms with Crippen LogP contribution in [0.25, 0.3) is 0 Å². The van der Waals surface area contributed by atoms with Crippen LogP contribution in [0.15, 0.2) is 23.3 Å². The second-order valence-corrected chi connectivity index (χ2v) is 5.67. The molecule has 1 rings (SSSR count). The second-order valence-electron chi connectivity index (χ2n) is 5.67. The van der Waals surface area contributed by atoms with Gasteiger partial charge in [-0.25, -0.2) is 4.99 Å². The van der Waals surface area contributed by atoms with Gasteiger partial charge in [0.15, 0.2) is 5.96 Å². The van der Waals surface area contributed by atoms with Crippen molar-refractivity contribution in [1.82, 2.24) is 19.7 Å². The van der Waals surface area contributed by atoms with Crippen molar-refractivity contribution >= 4 is 35.8 Å². The summed E-state index contributed by atoms with van der Waals surface area (Å²) in [5.74, 6) is 0.770. The number of amides is 1. The predicted octanol–water partition coefficient (Wildman–Crippen LogP) is 1.91. The SMILES string of the molecule is CCCCNC(=NCC(=O)N(C)C)N(C)Cc1cccn1C.I. The standard InChI is InChI=1S/C16H29N5O.HI/c1-6-7-10-17-16(18-12-15(22)19(2)3)21(5)13-14-9-8-11-20(14)4;/h8-9,11H,6-7,10,12-13H2,1-5H3,(H,17,18);1H. The highest BCUT2D eigenvalue weighted by atomic mass is 127. The van der Waals surface area contributed by atoms with E-state index in [9.17, 15) is 4.79 Å². The van der Waals surface area contributed by atoms with E-state index in [1.54, 1.807) is 19.0 Å². The largest absolute Gasteiger partial charge is 0.356 e. The van der Waals surface area contributed by atoms with Crippen LogP contribution < -0.4 is 5.32 Å². The summed E-state index contributed by atoms with van der Waals surface area (Å²) in [6.07, 6.45) is 4.23. The maximum absolute atomic E-state index is 11.7. The summed E-state index contributed by atoms with van der Waals surface area (Å²) in [5, 5.41) is 3.34. The minimum absolute atomic E-state index is 0. The first-order chi connectivity index (χ1) is 10.5. The van der Waals surface area contributed by atoms with Crippen LogP contribution in [0.4, 0.5) is 0 Å². The van der Waals surface area contributed by atoms with Gasteiger partial charge in [-0.2, -0.15) is 0 Å². The van der Waals surface area contributed by atoms with Gasteiger partial charge in [0.1, 0.15) is 6.54 Å². The summed E-state index contributed by atoms with van der Waals surface area (Å²) in [7, 11) is 7.51. The van der Waals surface area contributed by atoms with Crippen LogP contribution in [0.5, 0.6) is 0 Å². The molecule has 0 saturated heterocycles. The van der Waals surface area contributed by atoms with Crippen molar-refractivity contribution in [1.29, 1.82) is 0 Å². The number of likely N-dealkylation sites (N-methyl/N-ethyl adjacent to an activating group) is 1. The molecule has 1 aromatic heterocycles. The van der Waals surface area contributed by atoms with E-state index in [4.69, 9.17) is 0 Å². The number of aromatic nitrogens is 1. The third kappa shape index (κ3) is 7.71. The van der Waals surface area contributed by atoms with Crippen LogP contribution in [0.2, 0.25) is 0 Å². The van der Waals surface area contributed by atoms with Crippen LogP contribution in [0.1, 0.15) is 25.5 Å². The molecule has 0 atom stereocenters. The van der Waals surface area contributed by atoms with E-state index in [2.05, 4.69) is 27.9 Å². The number of nitrogens with one attached hydrogen (secondary N) is 1. The molecule has 6 nitrogen and oxygen atoms in total. The first kappa shape index (κ1) is 21.8. The fourth-order valence-corrected chi connectivity index (χ4v) is 1.95. The van der Waals surface area contributed by atoms with E-state index in [1.807, 2.05) is 31.3 Å². The summed E-state index contributed by atoms with van der Waals surface area (Å²) in [6.45, 7) is 3.93. The Hall–Kier alpha value is -1.25. The molecule has 0 aliphatic heterocycles. The molecule has 0 radical (unpaired) electrons. The smallest absolute Gasteiger partial charge is 0.243 e. The van der Waals surface area contributed by atoms with Crippen LogP contribution in [0, 0.1) is 0 Å². The molecular weight excluding hydrogens is 405 g/mol. The number of carbonyl (C=O) groups excluding carboxylic acids is 1. The Bertz CT molecular complexity index is 498. The van der Waals surface area contributed by atoms with Crippen LogP contribution in [0.3, 0.4) is 0 Å². The highest BCUT2D eigenvalue weighted by Gasteiger charge is 2.10. The molecule has 132 valence electrons. The molecule has 0 fully saturated rings. The molecule has 0 aliphatic rings. The van der Waals surface area contributed by atoms with Crippen molar-refractivity contribution in [2.75, 3.05) is 34.2 Å². The fourth-order valence-electron chi connectivity index (χ4n) is 1.95. The molecule has 1 amide bonds. The number of carbonyl (C=O) groups is 1. The van der Waals surface area contributed by atoms with Crippen LogP contribution in [-0.4, -0.2) is 60.5 Å². The zero-order valence-electron chi connectivity index (χ0n) is 14.9. The van der Waals surface area contributed by atoms with E-state index in [1.165, 1.54) is 5.69 Å². The van der Waals surface area contributed by atoms with Gasteiger partial charge in [-0.3, -0.25) is 4.79 Å². The third-order valence-electron chi connectivity index (χ3n) is 3.49. The van der Waals surface area contributed by atoms with Gasteiger partial charge in [0.25, 0.3) is 0 Å². The average Bonchev–Trinajstić information content (AvgIpc) is 2.87. The Morgan fingerprint density at radius 1 is 1.35 bits per heavy atom. The van der Waals surface area contributed by atoms with E-state index in [0.29, 0.717) is 0 Å². The van der Waals surface area contributed by atoms with Gasteiger partial charge in [0, 0.05) is 46.6 Å². The van der Waals surface area contributed by atoms with E-state index in [-0.39, 0.29) is 36.4 Å². The first-order valence-electron chi connectivity index (χ1n) is 7.75. The quantitative estimate of drug-likeness (QED) is 0.308. The highest BCUT2D eigenvalue weighted by Crippen LogP contribution is 2.04. The van der Waals surface area contributed by atoms with Gasteiger partial charge < -0.3 is 19.7 Å². The van der Waals surface area contributed by atoms with Gasteiger partial charge >= 0.3 is 0 Å². The lowest BCUT2D eigenvalue weighted by Gasteiger charge is -2.23. The Kier molecular flexibility index (Phi) is 10.7. The molecule has 7 heteroatoms. The molecule has 0 saturated carbocycles. The molecule has 0 bridgehead atoms. The zero-order valence-corrected chi connectivity index (χ0v) is 17.2. The Morgan fingerprint density at radius 2 is 2.04 bits per heavy atom. The number of halogens is 1. The molecule has 1 aromatic rings. The predicted molar refractivity (Wildman–Crippen MR) is 106 cm³/mol. The Labute approximate surface area is 157 Å². The summed E-state index contributed by atoms with van der Waals surface area (Å²) in [4.78, 5) is 19.8. The normalized spacial score (nSPS) is 10.9. The van der Waals surface area contributed by atoms with Gasteiger partial charge in [0.2, 0.25) is 5.91 Å². The molecule has 0 aliphatic carbocycles. The number of hydrogen-bond acceptors (Lipinski definition) is 2. The van der Waals surface area contributed by atoms with Crippen molar-refractivity contribution in [3.05, 3.63) is 24.0 Å². The molecule has 1 N–H and O–H groups in total. The lowest BCUT2D eigenvalue weighted by molar-refractivity contribution is -0.127. The lowest BCUT2D eigenvalue weighted by Crippen LogP contribution is -2.40. The molecule has 0 spiro atoms. The number of unbranched alkanes of at least 4 members (excludes halogenated alkanes) is 1. The van der Waals surface area contributed by atoms with Crippen LogP contribution in [-0.2, 0) is 18.4 Å². The Balaban J connectivity index is 0.00000484. The third-order valence-corrected chi connectivity index (χ3v) is 3.49. The van der Waals surface area contributed by atoms with E-state index < -0.39 is 0 Å². The number of aliphatic imine (C=N–C) groups is 1. The number of guanidine groups is 1. The average molecular weight is 435 g/mol. The Morgan fingerprint density at radius 3 is 2.57 bits per heavy atom. The zero-order chi connectivity index (χ0) is 16.5. The number of hydrogen-bond donors (Lipinski definition) is 1. The summed E-state index contributed by atoms with van der Waals surface area (Å²) < 4.78 is 2.09. The van der Waals surface area contributed by atoms with Gasteiger partial charge in [-0.1, -0.05) is 13.3 Å². The molecule has 0 aromatic carbocycles. The minimum Gasteiger partial charge on any atom is -0.356 e. The van der Waals surface area contributed by atoms with Gasteiger partial charge in [-0.05, 0) is 18.6 Å². The lowest BCUT2D eigenvalue weighted by atomic mass is 10.3. The van der Waals surface area contributed by atoms with Gasteiger partial charge in [-0.15, -0.1) is 24.0 Å². The number of rotatable bonds is 7. The van der Waals surface area contributed by atoms with Crippen molar-refractivity contribution in [3.63, 3.8) is 0 Å². The van der Waals surface area contributed by atoms with Gasteiger partial charge in [0.05, 0.1) is 6.54 Å². The van der Waals surface area contributed by atoms with Crippen LogP contribution >= 0.6 is 24.0 Å².